The van der Waals surface area contributed by atoms with Crippen LogP contribution in [-0.2, 0) is 0 Å². The first-order valence-electron chi connectivity index (χ1n) is 7.91. The number of carbonyl (C=O) groups is 1. The zero-order chi connectivity index (χ0) is 13.9. The molecule has 1 aromatic rings. The zero-order valence-corrected chi connectivity index (χ0v) is 12.3. The van der Waals surface area contributed by atoms with Crippen molar-refractivity contribution in [1.82, 2.24) is 4.90 Å². The SMILES string of the molecule is CCC(=O)c1ccccc1N1CCN2CCCCC2C1. The fourth-order valence-electron chi connectivity index (χ4n) is 3.55. The van der Waals surface area contributed by atoms with Gasteiger partial charge in [0.05, 0.1) is 0 Å². The molecule has 3 rings (SSSR count). The molecule has 0 radical (unpaired) electrons. The number of ketones is 1. The predicted molar refractivity (Wildman–Crippen MR) is 82.5 cm³/mol. The molecular weight excluding hydrogens is 248 g/mol. The van der Waals surface area contributed by atoms with Crippen molar-refractivity contribution in [2.24, 2.45) is 0 Å². The summed E-state index contributed by atoms with van der Waals surface area (Å²) in [5.41, 5.74) is 2.05. The van der Waals surface area contributed by atoms with E-state index in [2.05, 4.69) is 21.9 Å². The van der Waals surface area contributed by atoms with Crippen molar-refractivity contribution in [3.63, 3.8) is 0 Å². The lowest BCUT2D eigenvalue weighted by molar-refractivity contribution is 0.0987. The zero-order valence-electron chi connectivity index (χ0n) is 12.3. The summed E-state index contributed by atoms with van der Waals surface area (Å²) in [5, 5.41) is 0. The molecule has 2 aliphatic heterocycles. The van der Waals surface area contributed by atoms with Crippen LogP contribution < -0.4 is 4.90 Å². The number of piperazine rings is 1. The lowest BCUT2D eigenvalue weighted by Gasteiger charge is -2.45. The van der Waals surface area contributed by atoms with Gasteiger partial charge in [-0.15, -0.1) is 0 Å². The first kappa shape index (κ1) is 13.6. The monoisotopic (exact) mass is 272 g/mol. The number of nitrogens with zero attached hydrogens (tertiary/aromatic N) is 2. The van der Waals surface area contributed by atoms with Crippen LogP contribution in [0.15, 0.2) is 24.3 Å². The van der Waals surface area contributed by atoms with Gasteiger partial charge >= 0.3 is 0 Å². The van der Waals surface area contributed by atoms with Crippen LogP contribution in [0.25, 0.3) is 0 Å². The van der Waals surface area contributed by atoms with Crippen molar-refractivity contribution in [3.8, 4) is 0 Å². The van der Waals surface area contributed by atoms with Crippen LogP contribution in [0.2, 0.25) is 0 Å². The Hall–Kier alpha value is -1.35. The maximum Gasteiger partial charge on any atom is 0.164 e. The minimum Gasteiger partial charge on any atom is -0.368 e. The Labute approximate surface area is 121 Å². The number of anilines is 1. The summed E-state index contributed by atoms with van der Waals surface area (Å²) < 4.78 is 0. The van der Waals surface area contributed by atoms with E-state index in [0.717, 1.165) is 30.9 Å². The molecule has 1 unspecified atom stereocenters. The molecule has 2 saturated heterocycles. The van der Waals surface area contributed by atoms with E-state index in [0.29, 0.717) is 12.5 Å². The van der Waals surface area contributed by atoms with E-state index in [1.165, 1.54) is 25.8 Å². The topological polar surface area (TPSA) is 23.6 Å². The molecule has 0 aromatic heterocycles. The molecule has 2 heterocycles. The van der Waals surface area contributed by atoms with Crippen LogP contribution in [0, 0.1) is 0 Å². The molecule has 0 saturated carbocycles. The fourth-order valence-corrected chi connectivity index (χ4v) is 3.55. The number of rotatable bonds is 3. The molecule has 2 aliphatic rings. The van der Waals surface area contributed by atoms with Crippen LogP contribution in [0.1, 0.15) is 43.0 Å². The van der Waals surface area contributed by atoms with Crippen LogP contribution in [-0.4, -0.2) is 42.9 Å². The number of piperidine rings is 1. The predicted octanol–water partition coefficient (Wildman–Crippen LogP) is 2.95. The van der Waals surface area contributed by atoms with E-state index in [-0.39, 0.29) is 5.78 Å². The summed E-state index contributed by atoms with van der Waals surface area (Å²) in [7, 11) is 0. The molecule has 3 heteroatoms. The Morgan fingerprint density at radius 1 is 1.20 bits per heavy atom. The molecule has 3 nitrogen and oxygen atoms in total. The molecule has 20 heavy (non-hydrogen) atoms. The summed E-state index contributed by atoms with van der Waals surface area (Å²) in [5.74, 6) is 0.256. The van der Waals surface area contributed by atoms with Gasteiger partial charge in [0.15, 0.2) is 5.78 Å². The van der Waals surface area contributed by atoms with Gasteiger partial charge < -0.3 is 4.90 Å². The Morgan fingerprint density at radius 2 is 2.05 bits per heavy atom. The largest absolute Gasteiger partial charge is 0.368 e. The number of hydrogen-bond acceptors (Lipinski definition) is 3. The molecule has 0 spiro atoms. The second-order valence-corrected chi connectivity index (χ2v) is 5.93. The van der Waals surface area contributed by atoms with E-state index in [9.17, 15) is 4.79 Å². The first-order chi connectivity index (χ1) is 9.79. The van der Waals surface area contributed by atoms with Crippen molar-refractivity contribution in [2.45, 2.75) is 38.6 Å². The highest BCUT2D eigenvalue weighted by atomic mass is 16.1. The first-order valence-corrected chi connectivity index (χ1v) is 7.91. The van der Waals surface area contributed by atoms with Crippen molar-refractivity contribution in [3.05, 3.63) is 29.8 Å². The Kier molecular flexibility index (Phi) is 4.06. The van der Waals surface area contributed by atoms with Crippen molar-refractivity contribution in [1.29, 1.82) is 0 Å². The van der Waals surface area contributed by atoms with Crippen LogP contribution in [0.3, 0.4) is 0 Å². The third-order valence-corrected chi connectivity index (χ3v) is 4.70. The van der Waals surface area contributed by atoms with E-state index in [1.807, 2.05) is 19.1 Å². The average Bonchev–Trinajstić information content (AvgIpc) is 2.53. The van der Waals surface area contributed by atoms with E-state index in [1.54, 1.807) is 0 Å². The molecular formula is C17H24N2O. The van der Waals surface area contributed by atoms with Gasteiger partial charge in [-0.2, -0.15) is 0 Å². The quantitative estimate of drug-likeness (QED) is 0.790. The molecule has 0 aliphatic carbocycles. The maximum absolute atomic E-state index is 12.1. The standard InChI is InChI=1S/C17H24N2O/c1-2-17(20)15-8-3-4-9-16(15)19-12-11-18-10-6-5-7-14(18)13-19/h3-4,8-9,14H,2,5-7,10-13H2,1H3. The van der Waals surface area contributed by atoms with Gasteiger partial charge in [0, 0.05) is 43.3 Å². The number of benzene rings is 1. The van der Waals surface area contributed by atoms with Gasteiger partial charge in [0.1, 0.15) is 0 Å². The molecule has 0 amide bonds. The van der Waals surface area contributed by atoms with Crippen molar-refractivity contribution >= 4 is 11.5 Å². The second kappa shape index (κ2) is 5.96. The molecule has 0 N–H and O–H groups in total. The summed E-state index contributed by atoms with van der Waals surface area (Å²) in [4.78, 5) is 17.2. The minimum atomic E-state index is 0.256. The van der Waals surface area contributed by atoms with Gasteiger partial charge in [0.25, 0.3) is 0 Å². The number of carbonyl (C=O) groups excluding carboxylic acids is 1. The molecule has 2 fully saturated rings. The lowest BCUT2D eigenvalue weighted by Crippen LogP contribution is -2.55. The lowest BCUT2D eigenvalue weighted by atomic mass is 9.98. The highest BCUT2D eigenvalue weighted by Gasteiger charge is 2.30. The molecule has 0 bridgehead atoms. The van der Waals surface area contributed by atoms with Gasteiger partial charge in [-0.3, -0.25) is 9.69 Å². The maximum atomic E-state index is 12.1. The highest BCUT2D eigenvalue weighted by Crippen LogP contribution is 2.27. The Balaban J connectivity index is 1.81. The second-order valence-electron chi connectivity index (χ2n) is 5.93. The summed E-state index contributed by atoms with van der Waals surface area (Å²) >= 11 is 0. The van der Waals surface area contributed by atoms with Gasteiger partial charge in [-0.25, -0.2) is 0 Å². The van der Waals surface area contributed by atoms with Gasteiger partial charge in [0.2, 0.25) is 0 Å². The normalized spacial score (nSPS) is 23.4. The average molecular weight is 272 g/mol. The summed E-state index contributed by atoms with van der Waals surface area (Å²) in [6.07, 6.45) is 4.59. The number of fused-ring (bicyclic) bond motifs is 1. The van der Waals surface area contributed by atoms with Crippen molar-refractivity contribution in [2.75, 3.05) is 31.1 Å². The Bertz CT molecular complexity index is 486. The summed E-state index contributed by atoms with van der Waals surface area (Å²) in [6, 6.07) is 8.80. The number of hydrogen-bond donors (Lipinski definition) is 0. The number of para-hydroxylation sites is 1. The third-order valence-electron chi connectivity index (χ3n) is 4.70. The van der Waals surface area contributed by atoms with Gasteiger partial charge in [-0.05, 0) is 31.5 Å². The third kappa shape index (κ3) is 2.59. The van der Waals surface area contributed by atoms with Crippen LogP contribution in [0.5, 0.6) is 0 Å². The fraction of sp³-hybridized carbons (Fsp3) is 0.588. The smallest absolute Gasteiger partial charge is 0.164 e. The molecule has 108 valence electrons. The summed E-state index contributed by atoms with van der Waals surface area (Å²) in [6.45, 7) is 6.46. The molecule has 1 aromatic carbocycles. The Morgan fingerprint density at radius 3 is 2.90 bits per heavy atom. The van der Waals surface area contributed by atoms with Gasteiger partial charge in [-0.1, -0.05) is 25.5 Å². The van der Waals surface area contributed by atoms with E-state index in [4.69, 9.17) is 0 Å². The molecule has 1 atom stereocenters. The highest BCUT2D eigenvalue weighted by molar-refractivity contribution is 6.01. The van der Waals surface area contributed by atoms with E-state index >= 15 is 0 Å². The van der Waals surface area contributed by atoms with Crippen molar-refractivity contribution < 1.29 is 4.79 Å². The van der Waals surface area contributed by atoms with Crippen LogP contribution in [0.4, 0.5) is 5.69 Å². The van der Waals surface area contributed by atoms with Crippen LogP contribution >= 0.6 is 0 Å². The number of Topliss-reactive ketones (excluding diaryl/α,β-unsaturated/α-hetero) is 1. The van der Waals surface area contributed by atoms with E-state index < -0.39 is 0 Å². The minimum absolute atomic E-state index is 0.256.